The smallest absolute Gasteiger partial charge is 0.0722 e. The van der Waals surface area contributed by atoms with Gasteiger partial charge in [-0.05, 0) is 113 Å². The fourth-order valence-electron chi connectivity index (χ4n) is 8.04. The number of ether oxygens (including phenoxy) is 2. The number of nitrogens with zero attached hydrogens (tertiary/aromatic N) is 2. The summed E-state index contributed by atoms with van der Waals surface area (Å²) in [6, 6.07) is 17.7. The maximum absolute atomic E-state index is 6.34. The van der Waals surface area contributed by atoms with Crippen LogP contribution in [0.2, 0.25) is 0 Å². The first-order valence-electron chi connectivity index (χ1n) is 24.5. The Morgan fingerprint density at radius 1 is 0.321 bits per heavy atom. The van der Waals surface area contributed by atoms with Gasteiger partial charge >= 0.3 is 0 Å². The molecule has 0 unspecified atom stereocenters. The third kappa shape index (κ3) is 26.3. The number of hydrogen-bond donors (Lipinski definition) is 0. The second-order valence-corrected chi connectivity index (χ2v) is 16.9. The number of rotatable bonds is 41. The molecule has 0 atom stereocenters. The van der Waals surface area contributed by atoms with Crippen LogP contribution in [0.15, 0.2) is 48.5 Å². The first-order valence-corrected chi connectivity index (χ1v) is 24.5. The van der Waals surface area contributed by atoms with Gasteiger partial charge in [0.25, 0.3) is 0 Å². The molecule has 2 aromatic carbocycles. The molecule has 4 heteroatoms. The minimum atomic E-state index is 0.665. The van der Waals surface area contributed by atoms with Crippen LogP contribution in [0.1, 0.15) is 206 Å². The molecule has 0 N–H and O–H groups in total. The SMILES string of the molecule is CCCCCCCCN(CCCCCCC)CCCCOCc1ccccc1-c1ccccc1COCCCCN(CCCCCCC)CCCCCCCC. The van der Waals surface area contributed by atoms with Crippen LogP contribution in [0.4, 0.5) is 0 Å². The maximum atomic E-state index is 6.34. The van der Waals surface area contributed by atoms with Crippen molar-refractivity contribution in [1.82, 2.24) is 9.80 Å². The number of unbranched alkanes of at least 4 members (excludes halogenated alkanes) is 20. The fraction of sp³-hybridized carbons (Fsp3) is 0.769. The van der Waals surface area contributed by atoms with Gasteiger partial charge in [0.1, 0.15) is 0 Å². The second-order valence-electron chi connectivity index (χ2n) is 16.9. The highest BCUT2D eigenvalue weighted by Crippen LogP contribution is 2.28. The van der Waals surface area contributed by atoms with Gasteiger partial charge in [0, 0.05) is 13.2 Å². The van der Waals surface area contributed by atoms with Crippen molar-refractivity contribution < 1.29 is 9.47 Å². The molecule has 2 rings (SSSR count). The van der Waals surface area contributed by atoms with Crippen molar-refractivity contribution in [1.29, 1.82) is 0 Å². The largest absolute Gasteiger partial charge is 0.377 e. The Hall–Kier alpha value is -1.72. The van der Waals surface area contributed by atoms with E-state index in [0.717, 1.165) is 26.1 Å². The zero-order chi connectivity index (χ0) is 40.0. The quantitative estimate of drug-likeness (QED) is 0.0628. The van der Waals surface area contributed by atoms with Crippen LogP contribution in [-0.2, 0) is 22.7 Å². The van der Waals surface area contributed by atoms with Crippen LogP contribution in [0, 0.1) is 0 Å². The van der Waals surface area contributed by atoms with Crippen molar-refractivity contribution in [2.45, 2.75) is 208 Å². The van der Waals surface area contributed by atoms with Crippen molar-refractivity contribution in [2.24, 2.45) is 0 Å². The summed E-state index contributed by atoms with van der Waals surface area (Å²) in [5, 5.41) is 0. The molecular weight excluding hydrogens is 685 g/mol. The lowest BCUT2D eigenvalue weighted by Gasteiger charge is -2.22. The monoisotopic (exact) mass is 777 g/mol. The summed E-state index contributed by atoms with van der Waals surface area (Å²) < 4.78 is 12.7. The first kappa shape index (κ1) is 50.4. The van der Waals surface area contributed by atoms with Crippen molar-refractivity contribution in [3.8, 4) is 11.1 Å². The van der Waals surface area contributed by atoms with E-state index in [2.05, 4.69) is 86.0 Å². The molecule has 0 bridgehead atoms. The standard InChI is InChI=1S/C52H92N2O2/c1-5-9-13-17-21-29-41-53(39-27-19-15-11-7-3)43-31-33-45-55-47-49-35-23-25-37-51(49)52-38-26-24-36-50(52)48-56-46-34-32-44-54(40-28-20-16-12-8-4)42-30-22-18-14-10-6-2/h23-26,35-38H,5-22,27-34,39-48H2,1-4H3. The molecule has 0 aromatic heterocycles. The van der Waals surface area contributed by atoms with Crippen LogP contribution in [-0.4, -0.2) is 62.3 Å². The van der Waals surface area contributed by atoms with Crippen molar-refractivity contribution >= 4 is 0 Å². The topological polar surface area (TPSA) is 24.9 Å². The molecule has 0 saturated carbocycles. The van der Waals surface area contributed by atoms with E-state index in [1.54, 1.807) is 0 Å². The van der Waals surface area contributed by atoms with Gasteiger partial charge in [-0.3, -0.25) is 0 Å². The molecule has 2 aromatic rings. The van der Waals surface area contributed by atoms with E-state index < -0.39 is 0 Å². The van der Waals surface area contributed by atoms with E-state index in [-0.39, 0.29) is 0 Å². The number of benzene rings is 2. The summed E-state index contributed by atoms with van der Waals surface area (Å²) in [6.45, 7) is 19.7. The van der Waals surface area contributed by atoms with Gasteiger partial charge < -0.3 is 19.3 Å². The Labute approximate surface area is 349 Å². The lowest BCUT2D eigenvalue weighted by molar-refractivity contribution is 0.113. The van der Waals surface area contributed by atoms with Crippen LogP contribution >= 0.6 is 0 Å². The lowest BCUT2D eigenvalue weighted by atomic mass is 9.96. The van der Waals surface area contributed by atoms with E-state index in [0.29, 0.717) is 13.2 Å². The molecule has 0 fully saturated rings. The molecule has 0 heterocycles. The van der Waals surface area contributed by atoms with Crippen LogP contribution in [0.5, 0.6) is 0 Å². The van der Waals surface area contributed by atoms with Gasteiger partial charge in [-0.1, -0.05) is 192 Å². The molecular formula is C52H92N2O2. The molecule has 4 nitrogen and oxygen atoms in total. The summed E-state index contributed by atoms with van der Waals surface area (Å²) in [6.07, 6.45) is 35.0. The zero-order valence-electron chi connectivity index (χ0n) is 37.8. The van der Waals surface area contributed by atoms with E-state index in [1.807, 2.05) is 0 Å². The average Bonchev–Trinajstić information content (AvgIpc) is 3.22. The second kappa shape index (κ2) is 37.5. The maximum Gasteiger partial charge on any atom is 0.0722 e. The summed E-state index contributed by atoms with van der Waals surface area (Å²) in [7, 11) is 0. The fourth-order valence-corrected chi connectivity index (χ4v) is 8.04. The molecule has 0 amide bonds. The van der Waals surface area contributed by atoms with Gasteiger partial charge in [-0.15, -0.1) is 0 Å². The van der Waals surface area contributed by atoms with Gasteiger partial charge in [0.15, 0.2) is 0 Å². The highest BCUT2D eigenvalue weighted by molar-refractivity contribution is 5.70. The molecule has 56 heavy (non-hydrogen) atoms. The van der Waals surface area contributed by atoms with Gasteiger partial charge in [0.2, 0.25) is 0 Å². The van der Waals surface area contributed by atoms with Gasteiger partial charge in [-0.2, -0.15) is 0 Å². The van der Waals surface area contributed by atoms with Crippen LogP contribution in [0.3, 0.4) is 0 Å². The lowest BCUT2D eigenvalue weighted by Crippen LogP contribution is -2.27. The average molecular weight is 777 g/mol. The highest BCUT2D eigenvalue weighted by Gasteiger charge is 2.11. The molecule has 0 aliphatic carbocycles. The predicted molar refractivity (Wildman–Crippen MR) is 247 cm³/mol. The van der Waals surface area contributed by atoms with E-state index in [1.165, 1.54) is 216 Å². The number of hydrogen-bond acceptors (Lipinski definition) is 4. The van der Waals surface area contributed by atoms with Crippen LogP contribution in [0.25, 0.3) is 11.1 Å². The first-order chi connectivity index (χ1) is 27.7. The molecule has 0 spiro atoms. The van der Waals surface area contributed by atoms with E-state index in [9.17, 15) is 0 Å². The molecule has 0 radical (unpaired) electrons. The third-order valence-corrected chi connectivity index (χ3v) is 11.7. The minimum absolute atomic E-state index is 0.665. The molecule has 0 aliphatic heterocycles. The summed E-state index contributed by atoms with van der Waals surface area (Å²) in [5.74, 6) is 0. The third-order valence-electron chi connectivity index (χ3n) is 11.7. The molecule has 0 saturated heterocycles. The van der Waals surface area contributed by atoms with Crippen LogP contribution < -0.4 is 0 Å². The molecule has 0 aliphatic rings. The Bertz CT molecular complexity index is 1030. The van der Waals surface area contributed by atoms with Gasteiger partial charge in [-0.25, -0.2) is 0 Å². The summed E-state index contributed by atoms with van der Waals surface area (Å²) >= 11 is 0. The summed E-state index contributed by atoms with van der Waals surface area (Å²) in [4.78, 5) is 5.50. The summed E-state index contributed by atoms with van der Waals surface area (Å²) in [5.41, 5.74) is 5.11. The van der Waals surface area contributed by atoms with Crippen molar-refractivity contribution in [3.05, 3.63) is 59.7 Å². The zero-order valence-corrected chi connectivity index (χ0v) is 37.8. The Morgan fingerprint density at radius 3 is 0.911 bits per heavy atom. The van der Waals surface area contributed by atoms with E-state index >= 15 is 0 Å². The minimum Gasteiger partial charge on any atom is -0.377 e. The van der Waals surface area contributed by atoms with Crippen molar-refractivity contribution in [2.75, 3.05) is 52.5 Å². The highest BCUT2D eigenvalue weighted by atomic mass is 16.5. The Kier molecular flexibility index (Phi) is 33.8. The normalized spacial score (nSPS) is 11.8. The molecule has 322 valence electrons. The Balaban J connectivity index is 1.77. The van der Waals surface area contributed by atoms with E-state index in [4.69, 9.17) is 9.47 Å². The Morgan fingerprint density at radius 2 is 0.589 bits per heavy atom. The van der Waals surface area contributed by atoms with Gasteiger partial charge in [0.05, 0.1) is 13.2 Å². The van der Waals surface area contributed by atoms with Crippen molar-refractivity contribution in [3.63, 3.8) is 0 Å². The predicted octanol–water partition coefficient (Wildman–Crippen LogP) is 15.2.